The normalized spacial score (nSPS) is 16.4. The van der Waals surface area contributed by atoms with Crippen LogP contribution in [0.4, 0.5) is 17.6 Å². The number of amides is 1. The Balaban J connectivity index is 1.73. The molecule has 1 N–H and O–H groups in total. The van der Waals surface area contributed by atoms with Crippen LogP contribution in [-0.2, 0) is 27.7 Å². The zero-order valence-electron chi connectivity index (χ0n) is 15.5. The molecule has 29 heavy (non-hydrogen) atoms. The van der Waals surface area contributed by atoms with Gasteiger partial charge in [0.05, 0.1) is 5.56 Å². The molecule has 1 fully saturated rings. The third-order valence-corrected chi connectivity index (χ3v) is 5.16. The summed E-state index contributed by atoms with van der Waals surface area (Å²) < 4.78 is 57.9. The molecule has 0 spiro atoms. The Labute approximate surface area is 164 Å². The molecule has 1 aromatic heterocycles. The number of aromatic nitrogens is 1. The maximum Gasteiger partial charge on any atom is 0.417 e. The van der Waals surface area contributed by atoms with Crippen LogP contribution in [0.25, 0.3) is 0 Å². The minimum atomic E-state index is -4.61. The predicted molar refractivity (Wildman–Crippen MR) is 96.8 cm³/mol. The Kier molecular flexibility index (Phi) is 6.07. The molecule has 0 unspecified atom stereocenters. The van der Waals surface area contributed by atoms with Crippen LogP contribution < -0.4 is 10.9 Å². The van der Waals surface area contributed by atoms with Crippen LogP contribution in [0.15, 0.2) is 47.4 Å². The van der Waals surface area contributed by atoms with Gasteiger partial charge in [0.1, 0.15) is 12.4 Å². The van der Waals surface area contributed by atoms with E-state index in [0.29, 0.717) is 38.3 Å². The van der Waals surface area contributed by atoms with E-state index in [0.717, 1.165) is 16.2 Å². The number of ether oxygens (including phenoxy) is 1. The maximum atomic E-state index is 13.3. The Morgan fingerprint density at radius 3 is 2.38 bits per heavy atom. The number of rotatable bonds is 5. The number of benzene rings is 1. The topological polar surface area (TPSA) is 60.3 Å². The van der Waals surface area contributed by atoms with Crippen molar-refractivity contribution >= 4 is 5.91 Å². The maximum absolute atomic E-state index is 13.3. The highest BCUT2D eigenvalue weighted by atomic mass is 19.4. The van der Waals surface area contributed by atoms with Crippen molar-refractivity contribution in [1.29, 1.82) is 0 Å². The van der Waals surface area contributed by atoms with Crippen molar-refractivity contribution in [3.63, 3.8) is 0 Å². The lowest BCUT2D eigenvalue weighted by molar-refractivity contribution is -0.138. The van der Waals surface area contributed by atoms with Gasteiger partial charge in [0, 0.05) is 37.4 Å². The highest BCUT2D eigenvalue weighted by Crippen LogP contribution is 2.34. The van der Waals surface area contributed by atoms with Crippen molar-refractivity contribution in [3.05, 3.63) is 69.9 Å². The summed E-state index contributed by atoms with van der Waals surface area (Å²) in [4.78, 5) is 24.2. The Morgan fingerprint density at radius 2 is 1.76 bits per heavy atom. The van der Waals surface area contributed by atoms with E-state index in [4.69, 9.17) is 4.74 Å². The fourth-order valence-corrected chi connectivity index (χ4v) is 3.43. The van der Waals surface area contributed by atoms with Gasteiger partial charge in [0.15, 0.2) is 0 Å². The molecule has 2 heterocycles. The van der Waals surface area contributed by atoms with Crippen LogP contribution in [0.2, 0.25) is 0 Å². The van der Waals surface area contributed by atoms with E-state index in [2.05, 4.69) is 5.32 Å². The summed E-state index contributed by atoms with van der Waals surface area (Å²) in [5, 5.41) is 2.71. The SMILES string of the molecule is O=C(Cn1cc(C(F)(F)F)ccc1=O)NCC1(c2ccc(F)cc2)CCOCC1. The Bertz CT molecular complexity index is 917. The summed E-state index contributed by atoms with van der Waals surface area (Å²) in [6.45, 7) is 0.619. The molecule has 3 rings (SSSR count). The molecule has 1 aliphatic rings. The molecule has 0 atom stereocenters. The lowest BCUT2D eigenvalue weighted by atomic mass is 9.74. The fourth-order valence-electron chi connectivity index (χ4n) is 3.43. The first-order valence-electron chi connectivity index (χ1n) is 9.08. The average Bonchev–Trinajstić information content (AvgIpc) is 2.68. The molecule has 2 aromatic rings. The second kappa shape index (κ2) is 8.36. The average molecular weight is 412 g/mol. The van der Waals surface area contributed by atoms with Crippen molar-refractivity contribution in [1.82, 2.24) is 9.88 Å². The molecule has 1 aliphatic heterocycles. The van der Waals surface area contributed by atoms with E-state index >= 15 is 0 Å². The first kappa shape index (κ1) is 21.0. The minimum Gasteiger partial charge on any atom is -0.381 e. The number of alkyl halides is 3. The number of hydrogen-bond acceptors (Lipinski definition) is 3. The highest BCUT2D eigenvalue weighted by Gasteiger charge is 2.35. The van der Waals surface area contributed by atoms with Gasteiger partial charge >= 0.3 is 6.18 Å². The molecule has 1 amide bonds. The molecule has 156 valence electrons. The van der Waals surface area contributed by atoms with Crippen molar-refractivity contribution < 1.29 is 27.1 Å². The molecular weight excluding hydrogens is 392 g/mol. The summed E-state index contributed by atoms with van der Waals surface area (Å²) in [5.74, 6) is -0.955. The fraction of sp³-hybridized carbons (Fsp3) is 0.400. The van der Waals surface area contributed by atoms with Crippen LogP contribution in [-0.4, -0.2) is 30.2 Å². The molecule has 0 bridgehead atoms. The van der Waals surface area contributed by atoms with Crippen molar-refractivity contribution in [2.24, 2.45) is 0 Å². The lowest BCUT2D eigenvalue weighted by Gasteiger charge is -2.38. The van der Waals surface area contributed by atoms with Crippen molar-refractivity contribution in [2.45, 2.75) is 31.0 Å². The van der Waals surface area contributed by atoms with Gasteiger partial charge in [0.2, 0.25) is 5.91 Å². The van der Waals surface area contributed by atoms with Crippen LogP contribution in [0, 0.1) is 5.82 Å². The second-order valence-electron chi connectivity index (χ2n) is 7.06. The van der Waals surface area contributed by atoms with Gasteiger partial charge in [-0.15, -0.1) is 0 Å². The summed E-state index contributed by atoms with van der Waals surface area (Å²) in [7, 11) is 0. The molecule has 0 saturated carbocycles. The first-order valence-corrected chi connectivity index (χ1v) is 9.08. The lowest BCUT2D eigenvalue weighted by Crippen LogP contribution is -2.45. The van der Waals surface area contributed by atoms with E-state index in [1.807, 2.05) is 0 Å². The van der Waals surface area contributed by atoms with Crippen molar-refractivity contribution in [2.75, 3.05) is 19.8 Å². The number of hydrogen-bond donors (Lipinski definition) is 1. The number of halogens is 4. The van der Waals surface area contributed by atoms with Gasteiger partial charge < -0.3 is 14.6 Å². The minimum absolute atomic E-state index is 0.203. The smallest absolute Gasteiger partial charge is 0.381 e. The Morgan fingerprint density at radius 1 is 1.10 bits per heavy atom. The number of nitrogens with one attached hydrogen (secondary N) is 1. The monoisotopic (exact) mass is 412 g/mol. The molecule has 0 aliphatic carbocycles. The summed E-state index contributed by atoms with van der Waals surface area (Å²) in [6.07, 6.45) is -2.78. The van der Waals surface area contributed by atoms with E-state index in [1.165, 1.54) is 12.1 Å². The molecule has 9 heteroatoms. The number of carbonyl (C=O) groups is 1. The van der Waals surface area contributed by atoms with Gasteiger partial charge in [-0.25, -0.2) is 4.39 Å². The first-order chi connectivity index (χ1) is 13.7. The van der Waals surface area contributed by atoms with E-state index in [-0.39, 0.29) is 12.4 Å². The van der Waals surface area contributed by atoms with Crippen molar-refractivity contribution in [3.8, 4) is 0 Å². The molecule has 1 aromatic carbocycles. The van der Waals surface area contributed by atoms with E-state index in [9.17, 15) is 27.2 Å². The third kappa shape index (κ3) is 5.03. The van der Waals surface area contributed by atoms with Gasteiger partial charge in [-0.3, -0.25) is 9.59 Å². The standard InChI is InChI=1S/C20H20F4N2O3/c21-16-4-1-14(2-5-16)19(7-9-29-10-8-19)13-25-17(27)12-26-11-15(20(22,23)24)3-6-18(26)28/h1-6,11H,7-10,12-13H2,(H,25,27). The molecular formula is C20H20F4N2O3. The summed E-state index contributed by atoms with van der Waals surface area (Å²) in [5.41, 5.74) is -1.33. The van der Waals surface area contributed by atoms with E-state index < -0.39 is 35.2 Å². The van der Waals surface area contributed by atoms with Gasteiger partial charge in [-0.2, -0.15) is 13.2 Å². The quantitative estimate of drug-likeness (QED) is 0.769. The van der Waals surface area contributed by atoms with Gasteiger partial charge in [-0.1, -0.05) is 12.1 Å². The molecule has 1 saturated heterocycles. The van der Waals surface area contributed by atoms with Crippen LogP contribution in [0.3, 0.4) is 0 Å². The largest absolute Gasteiger partial charge is 0.417 e. The van der Waals surface area contributed by atoms with Gasteiger partial charge in [-0.05, 0) is 36.6 Å². The highest BCUT2D eigenvalue weighted by molar-refractivity contribution is 5.75. The number of carbonyl (C=O) groups excluding carboxylic acids is 1. The van der Waals surface area contributed by atoms with Crippen LogP contribution in [0.1, 0.15) is 24.0 Å². The zero-order chi connectivity index (χ0) is 21.1. The molecule has 5 nitrogen and oxygen atoms in total. The molecule has 0 radical (unpaired) electrons. The number of nitrogens with zero attached hydrogens (tertiary/aromatic N) is 1. The van der Waals surface area contributed by atoms with E-state index in [1.54, 1.807) is 12.1 Å². The van der Waals surface area contributed by atoms with Crippen LogP contribution >= 0.6 is 0 Å². The second-order valence-corrected chi connectivity index (χ2v) is 7.06. The van der Waals surface area contributed by atoms with Gasteiger partial charge in [0.25, 0.3) is 5.56 Å². The zero-order valence-corrected chi connectivity index (χ0v) is 15.5. The van der Waals surface area contributed by atoms with Crippen LogP contribution in [0.5, 0.6) is 0 Å². The Hall–Kier alpha value is -2.68. The third-order valence-electron chi connectivity index (χ3n) is 5.16. The number of pyridine rings is 1. The predicted octanol–water partition coefficient (Wildman–Crippen LogP) is 2.87. The summed E-state index contributed by atoms with van der Waals surface area (Å²) in [6, 6.07) is 7.47. The summed E-state index contributed by atoms with van der Waals surface area (Å²) >= 11 is 0.